The summed E-state index contributed by atoms with van der Waals surface area (Å²) >= 11 is 1.53. The fourth-order valence-electron chi connectivity index (χ4n) is 2.67. The molecule has 1 atom stereocenters. The molecule has 3 rings (SSSR count). The van der Waals surface area contributed by atoms with Gasteiger partial charge in [0.2, 0.25) is 11.9 Å². The number of primary amides is 2. The van der Waals surface area contributed by atoms with Gasteiger partial charge in [0.25, 0.3) is 5.91 Å². The number of nitrogens with one attached hydrogen (secondary N) is 2. The van der Waals surface area contributed by atoms with Gasteiger partial charge in [0.15, 0.2) is 0 Å². The zero-order valence-electron chi connectivity index (χ0n) is 15.5. The Labute approximate surface area is 165 Å². The van der Waals surface area contributed by atoms with Crippen molar-refractivity contribution < 1.29 is 9.59 Å². The van der Waals surface area contributed by atoms with Crippen molar-refractivity contribution >= 4 is 50.8 Å². The summed E-state index contributed by atoms with van der Waals surface area (Å²) < 4.78 is 1.05. The Kier molecular flexibility index (Phi) is 5.69. The zero-order chi connectivity index (χ0) is 20.3. The summed E-state index contributed by atoms with van der Waals surface area (Å²) in [4.78, 5) is 36.2. The highest BCUT2D eigenvalue weighted by atomic mass is 32.1. The van der Waals surface area contributed by atoms with E-state index < -0.39 is 17.9 Å². The quantitative estimate of drug-likeness (QED) is 0.454. The lowest BCUT2D eigenvalue weighted by Crippen LogP contribution is -2.37. The van der Waals surface area contributed by atoms with E-state index in [9.17, 15) is 9.59 Å². The Morgan fingerprint density at radius 1 is 1.21 bits per heavy atom. The summed E-state index contributed by atoms with van der Waals surface area (Å²) in [6, 6.07) is 4.99. The predicted octanol–water partition coefficient (Wildman–Crippen LogP) is 2.24. The van der Waals surface area contributed by atoms with Crippen LogP contribution in [0.2, 0.25) is 0 Å². The third kappa shape index (κ3) is 4.52. The molecule has 0 aliphatic heterocycles. The van der Waals surface area contributed by atoms with Crippen molar-refractivity contribution in [1.82, 2.24) is 15.0 Å². The SMILES string of the molecule is CC(C)CC(Nc1ncc(C(N)=O)c(Nc2ccc3scnc3c2)n1)C(N)=O. The first-order valence-corrected chi connectivity index (χ1v) is 9.54. The monoisotopic (exact) mass is 399 g/mol. The molecule has 0 radical (unpaired) electrons. The Balaban J connectivity index is 1.90. The molecule has 10 heteroatoms. The molecular formula is C18H21N7O2S. The largest absolute Gasteiger partial charge is 0.368 e. The van der Waals surface area contributed by atoms with Crippen LogP contribution in [0.1, 0.15) is 30.6 Å². The first kappa shape index (κ1) is 19.5. The molecule has 0 spiro atoms. The van der Waals surface area contributed by atoms with Crippen LogP contribution in [-0.2, 0) is 4.79 Å². The standard InChI is InChI=1S/C18H21N7O2S/c1-9(2)5-13(16(20)27)24-18-21-7-11(15(19)26)17(25-18)23-10-3-4-14-12(6-10)22-8-28-14/h3-4,6-9,13H,5H2,1-2H3,(H2,19,26)(H2,20,27)(H2,21,23,24,25). The molecule has 9 nitrogen and oxygen atoms in total. The fourth-order valence-corrected chi connectivity index (χ4v) is 3.33. The van der Waals surface area contributed by atoms with Gasteiger partial charge in [0.1, 0.15) is 17.4 Å². The molecule has 1 aromatic carbocycles. The molecule has 2 heterocycles. The molecule has 0 saturated heterocycles. The topological polar surface area (TPSA) is 149 Å². The van der Waals surface area contributed by atoms with E-state index in [4.69, 9.17) is 11.5 Å². The van der Waals surface area contributed by atoms with E-state index in [0.29, 0.717) is 12.1 Å². The molecule has 0 saturated carbocycles. The number of thiazole rings is 1. The number of fused-ring (bicyclic) bond motifs is 1. The number of aromatic nitrogens is 3. The van der Waals surface area contributed by atoms with E-state index in [1.165, 1.54) is 17.5 Å². The van der Waals surface area contributed by atoms with Gasteiger partial charge < -0.3 is 22.1 Å². The predicted molar refractivity (Wildman–Crippen MR) is 110 cm³/mol. The van der Waals surface area contributed by atoms with Crippen LogP contribution in [0.15, 0.2) is 29.9 Å². The maximum Gasteiger partial charge on any atom is 0.254 e. The summed E-state index contributed by atoms with van der Waals surface area (Å²) in [7, 11) is 0. The average Bonchev–Trinajstić information content (AvgIpc) is 3.08. The highest BCUT2D eigenvalue weighted by molar-refractivity contribution is 7.16. The smallest absolute Gasteiger partial charge is 0.254 e. The number of hydrogen-bond donors (Lipinski definition) is 4. The molecule has 3 aromatic rings. The number of hydrogen-bond acceptors (Lipinski definition) is 8. The van der Waals surface area contributed by atoms with E-state index in [1.54, 1.807) is 5.51 Å². The van der Waals surface area contributed by atoms with Crippen molar-refractivity contribution in [3.63, 3.8) is 0 Å². The van der Waals surface area contributed by atoms with Crippen LogP contribution in [0.5, 0.6) is 0 Å². The van der Waals surface area contributed by atoms with Crippen LogP contribution in [0.25, 0.3) is 10.2 Å². The second-order valence-electron chi connectivity index (χ2n) is 6.71. The molecule has 6 N–H and O–H groups in total. The van der Waals surface area contributed by atoms with Gasteiger partial charge in [-0.15, -0.1) is 11.3 Å². The Morgan fingerprint density at radius 2 is 2.00 bits per heavy atom. The molecule has 0 fully saturated rings. The highest BCUT2D eigenvalue weighted by Crippen LogP contribution is 2.25. The third-order valence-electron chi connectivity index (χ3n) is 4.00. The lowest BCUT2D eigenvalue weighted by molar-refractivity contribution is -0.119. The van der Waals surface area contributed by atoms with Gasteiger partial charge in [-0.3, -0.25) is 9.59 Å². The lowest BCUT2D eigenvalue weighted by Gasteiger charge is -2.18. The summed E-state index contributed by atoms with van der Waals surface area (Å²) in [6.45, 7) is 3.96. The summed E-state index contributed by atoms with van der Waals surface area (Å²) in [5.74, 6) is -0.520. The first-order valence-electron chi connectivity index (χ1n) is 8.66. The van der Waals surface area contributed by atoms with E-state index in [2.05, 4.69) is 25.6 Å². The normalized spacial score (nSPS) is 12.1. The summed E-state index contributed by atoms with van der Waals surface area (Å²) in [6.07, 6.45) is 1.84. The van der Waals surface area contributed by atoms with Gasteiger partial charge in [-0.25, -0.2) is 9.97 Å². The number of benzene rings is 1. The summed E-state index contributed by atoms with van der Waals surface area (Å²) in [5, 5.41) is 6.00. The van der Waals surface area contributed by atoms with Crippen LogP contribution < -0.4 is 22.1 Å². The van der Waals surface area contributed by atoms with Gasteiger partial charge in [-0.1, -0.05) is 13.8 Å². The van der Waals surface area contributed by atoms with Crippen molar-refractivity contribution in [2.45, 2.75) is 26.3 Å². The van der Waals surface area contributed by atoms with Gasteiger partial charge in [-0.05, 0) is 30.5 Å². The second kappa shape index (κ2) is 8.17. The molecule has 1 unspecified atom stereocenters. The van der Waals surface area contributed by atoms with Gasteiger partial charge in [0.05, 0.1) is 15.7 Å². The molecular weight excluding hydrogens is 378 g/mol. The van der Waals surface area contributed by atoms with Crippen LogP contribution in [0.3, 0.4) is 0 Å². The minimum absolute atomic E-state index is 0.128. The van der Waals surface area contributed by atoms with Gasteiger partial charge in [0, 0.05) is 11.9 Å². The van der Waals surface area contributed by atoms with Gasteiger partial charge >= 0.3 is 0 Å². The molecule has 28 heavy (non-hydrogen) atoms. The number of nitrogens with two attached hydrogens (primary N) is 2. The maximum atomic E-state index is 11.8. The number of amides is 2. The van der Waals surface area contributed by atoms with Crippen molar-refractivity contribution in [2.24, 2.45) is 17.4 Å². The molecule has 2 amide bonds. The minimum atomic E-state index is -0.669. The Hall–Kier alpha value is -3.27. The van der Waals surface area contributed by atoms with Crippen LogP contribution in [-0.4, -0.2) is 32.8 Å². The molecule has 0 aliphatic carbocycles. The van der Waals surface area contributed by atoms with Crippen molar-refractivity contribution in [3.8, 4) is 0 Å². The number of carbonyl (C=O) groups is 2. The minimum Gasteiger partial charge on any atom is -0.368 e. The first-order chi connectivity index (χ1) is 13.3. The molecule has 0 aliphatic rings. The highest BCUT2D eigenvalue weighted by Gasteiger charge is 2.19. The fraction of sp³-hybridized carbons (Fsp3) is 0.278. The van der Waals surface area contributed by atoms with Crippen molar-refractivity contribution in [1.29, 1.82) is 0 Å². The zero-order valence-corrected chi connectivity index (χ0v) is 16.3. The van der Waals surface area contributed by atoms with Gasteiger partial charge in [-0.2, -0.15) is 4.98 Å². The van der Waals surface area contributed by atoms with Crippen LogP contribution in [0, 0.1) is 5.92 Å². The summed E-state index contributed by atoms with van der Waals surface area (Å²) in [5.41, 5.74) is 14.3. The number of anilines is 3. The average molecular weight is 399 g/mol. The molecule has 146 valence electrons. The molecule has 0 bridgehead atoms. The number of nitrogens with zero attached hydrogens (tertiary/aromatic N) is 3. The van der Waals surface area contributed by atoms with E-state index in [1.807, 2.05) is 32.0 Å². The van der Waals surface area contributed by atoms with Crippen LogP contribution >= 0.6 is 11.3 Å². The van der Waals surface area contributed by atoms with E-state index >= 15 is 0 Å². The van der Waals surface area contributed by atoms with Crippen LogP contribution in [0.4, 0.5) is 17.5 Å². The van der Waals surface area contributed by atoms with Crippen molar-refractivity contribution in [3.05, 3.63) is 35.5 Å². The van der Waals surface area contributed by atoms with E-state index in [-0.39, 0.29) is 23.2 Å². The number of carbonyl (C=O) groups excluding carboxylic acids is 2. The third-order valence-corrected chi connectivity index (χ3v) is 4.81. The lowest BCUT2D eigenvalue weighted by atomic mass is 10.0. The van der Waals surface area contributed by atoms with Crippen molar-refractivity contribution in [2.75, 3.05) is 10.6 Å². The Morgan fingerprint density at radius 3 is 2.68 bits per heavy atom. The Bertz CT molecular complexity index is 1020. The maximum absolute atomic E-state index is 11.8. The molecule has 2 aromatic heterocycles. The number of rotatable bonds is 8. The second-order valence-corrected chi connectivity index (χ2v) is 7.60. The van der Waals surface area contributed by atoms with E-state index in [0.717, 1.165) is 10.2 Å².